The molecule has 0 atom stereocenters. The first-order chi connectivity index (χ1) is 14.7. The van der Waals surface area contributed by atoms with Gasteiger partial charge in [0.15, 0.2) is 0 Å². The van der Waals surface area contributed by atoms with Crippen LogP contribution in [0.25, 0.3) is 0 Å². The summed E-state index contributed by atoms with van der Waals surface area (Å²) in [7, 11) is 0. The van der Waals surface area contributed by atoms with Crippen LogP contribution in [0.1, 0.15) is 29.5 Å². The van der Waals surface area contributed by atoms with Crippen LogP contribution in [0.5, 0.6) is 0 Å². The summed E-state index contributed by atoms with van der Waals surface area (Å²) in [6.07, 6.45) is -3.64. The van der Waals surface area contributed by atoms with Crippen molar-refractivity contribution in [2.75, 3.05) is 18.4 Å². The van der Waals surface area contributed by atoms with Crippen LogP contribution in [0.2, 0.25) is 0 Å². The van der Waals surface area contributed by atoms with E-state index in [4.69, 9.17) is 0 Å². The Bertz CT molecular complexity index is 1060. The summed E-state index contributed by atoms with van der Waals surface area (Å²) in [5, 5.41) is 5.46. The Hall–Kier alpha value is -3.36. The number of hydrogen-bond donors (Lipinski definition) is 2. The lowest BCUT2D eigenvalue weighted by atomic mass is 9.98. The standard InChI is InChI=1S/C22H21F3N4O2/c1-14-4-2-5-15(12-14)18-19(30)28-21(27-18)8-10-29(11-9-21)20(31)26-17-7-3-6-16(13-17)22(23,24)25/h2-7,12-13H,8-11H2,1H3,(H,26,31)(H,28,30). The zero-order valence-corrected chi connectivity index (χ0v) is 16.8. The number of nitrogens with one attached hydrogen (secondary N) is 2. The zero-order valence-electron chi connectivity index (χ0n) is 16.8. The molecule has 162 valence electrons. The number of carbonyl (C=O) groups excluding carboxylic acids is 2. The summed E-state index contributed by atoms with van der Waals surface area (Å²) in [5.74, 6) is -0.243. The van der Waals surface area contributed by atoms with E-state index in [0.717, 1.165) is 23.3 Å². The van der Waals surface area contributed by atoms with Crippen molar-refractivity contribution >= 4 is 23.3 Å². The maximum Gasteiger partial charge on any atom is 0.416 e. The Morgan fingerprint density at radius 1 is 1.13 bits per heavy atom. The van der Waals surface area contributed by atoms with Gasteiger partial charge in [0.1, 0.15) is 11.4 Å². The van der Waals surface area contributed by atoms with E-state index in [0.29, 0.717) is 31.6 Å². The molecule has 6 nitrogen and oxygen atoms in total. The molecule has 0 radical (unpaired) electrons. The number of alkyl halides is 3. The summed E-state index contributed by atoms with van der Waals surface area (Å²) in [5.41, 5.74) is 0.645. The van der Waals surface area contributed by atoms with Crippen LogP contribution in [0.15, 0.2) is 53.5 Å². The predicted molar refractivity (Wildman–Crippen MR) is 110 cm³/mol. The third-order valence-electron chi connectivity index (χ3n) is 5.50. The first-order valence-corrected chi connectivity index (χ1v) is 9.88. The Morgan fingerprint density at radius 3 is 2.52 bits per heavy atom. The summed E-state index contributed by atoms with van der Waals surface area (Å²) >= 11 is 0. The van der Waals surface area contributed by atoms with Crippen LogP contribution >= 0.6 is 0 Å². The zero-order chi connectivity index (χ0) is 22.2. The molecular weight excluding hydrogens is 409 g/mol. The lowest BCUT2D eigenvalue weighted by Crippen LogP contribution is -2.53. The van der Waals surface area contributed by atoms with E-state index in [2.05, 4.69) is 15.6 Å². The average Bonchev–Trinajstić information content (AvgIpc) is 3.04. The number of likely N-dealkylation sites (tertiary alicyclic amines) is 1. The van der Waals surface area contributed by atoms with E-state index >= 15 is 0 Å². The topological polar surface area (TPSA) is 73.8 Å². The van der Waals surface area contributed by atoms with Gasteiger partial charge in [-0.25, -0.2) is 4.79 Å². The minimum atomic E-state index is -4.48. The minimum absolute atomic E-state index is 0.0778. The van der Waals surface area contributed by atoms with E-state index in [9.17, 15) is 22.8 Å². The monoisotopic (exact) mass is 430 g/mol. The molecule has 1 spiro atoms. The lowest BCUT2D eigenvalue weighted by Gasteiger charge is -2.37. The van der Waals surface area contributed by atoms with Gasteiger partial charge in [0.2, 0.25) is 0 Å². The molecule has 1 fully saturated rings. The highest BCUT2D eigenvalue weighted by Crippen LogP contribution is 2.32. The molecule has 2 aromatic rings. The van der Waals surface area contributed by atoms with Gasteiger partial charge in [-0.2, -0.15) is 13.2 Å². The summed E-state index contributed by atoms with van der Waals surface area (Å²) in [6, 6.07) is 11.6. The van der Waals surface area contributed by atoms with Gasteiger partial charge in [0.05, 0.1) is 5.56 Å². The molecule has 2 aromatic carbocycles. The van der Waals surface area contributed by atoms with Crippen molar-refractivity contribution in [2.45, 2.75) is 31.6 Å². The Balaban J connectivity index is 1.42. The van der Waals surface area contributed by atoms with Gasteiger partial charge >= 0.3 is 12.2 Å². The molecule has 0 aromatic heterocycles. The fourth-order valence-corrected chi connectivity index (χ4v) is 3.84. The molecule has 31 heavy (non-hydrogen) atoms. The molecule has 0 unspecified atom stereocenters. The molecular formula is C22H21F3N4O2. The van der Waals surface area contributed by atoms with E-state index in [1.54, 1.807) is 0 Å². The molecule has 2 aliphatic heterocycles. The van der Waals surface area contributed by atoms with Gasteiger partial charge in [-0.3, -0.25) is 9.79 Å². The lowest BCUT2D eigenvalue weighted by molar-refractivity contribution is -0.137. The molecule has 4 rings (SSSR count). The van der Waals surface area contributed by atoms with Crippen molar-refractivity contribution in [3.63, 3.8) is 0 Å². The highest BCUT2D eigenvalue weighted by atomic mass is 19.4. The van der Waals surface area contributed by atoms with E-state index < -0.39 is 23.4 Å². The molecule has 0 bridgehead atoms. The van der Waals surface area contributed by atoms with Gasteiger partial charge < -0.3 is 15.5 Å². The second-order valence-electron chi connectivity index (χ2n) is 7.81. The number of nitrogens with zero attached hydrogens (tertiary/aromatic N) is 2. The molecule has 0 saturated carbocycles. The van der Waals surface area contributed by atoms with Crippen LogP contribution in [-0.2, 0) is 11.0 Å². The number of anilines is 1. The van der Waals surface area contributed by atoms with Crippen molar-refractivity contribution in [1.82, 2.24) is 10.2 Å². The second-order valence-corrected chi connectivity index (χ2v) is 7.81. The number of halogens is 3. The number of hydrogen-bond acceptors (Lipinski definition) is 3. The van der Waals surface area contributed by atoms with Crippen molar-refractivity contribution < 1.29 is 22.8 Å². The van der Waals surface area contributed by atoms with Crippen LogP contribution < -0.4 is 10.6 Å². The van der Waals surface area contributed by atoms with Crippen molar-refractivity contribution in [3.05, 3.63) is 65.2 Å². The molecule has 1 saturated heterocycles. The van der Waals surface area contributed by atoms with Gasteiger partial charge in [-0.05, 0) is 31.2 Å². The second kappa shape index (κ2) is 7.72. The number of urea groups is 1. The first kappa shape index (κ1) is 20.9. The Kier molecular flexibility index (Phi) is 5.20. The van der Waals surface area contributed by atoms with Crippen molar-refractivity contribution in [1.29, 1.82) is 0 Å². The minimum Gasteiger partial charge on any atom is -0.326 e. The van der Waals surface area contributed by atoms with Gasteiger partial charge in [0, 0.05) is 37.2 Å². The number of aliphatic imine (C=N–C) groups is 1. The number of rotatable bonds is 2. The van der Waals surface area contributed by atoms with Crippen LogP contribution in [-0.4, -0.2) is 41.3 Å². The summed E-state index contributed by atoms with van der Waals surface area (Å²) < 4.78 is 38.6. The SMILES string of the molecule is Cc1cccc(C2=NC3(CCN(C(=O)Nc4cccc(C(F)(F)F)c4)CC3)NC2=O)c1. The highest BCUT2D eigenvalue weighted by molar-refractivity contribution is 6.46. The molecule has 2 aliphatic rings. The molecule has 0 aliphatic carbocycles. The maximum atomic E-state index is 12.9. The Morgan fingerprint density at radius 2 is 1.84 bits per heavy atom. The van der Waals surface area contributed by atoms with Crippen molar-refractivity contribution in [2.24, 2.45) is 4.99 Å². The first-order valence-electron chi connectivity index (χ1n) is 9.88. The van der Waals surface area contributed by atoms with E-state index in [1.807, 2.05) is 31.2 Å². The third-order valence-corrected chi connectivity index (χ3v) is 5.50. The number of piperidine rings is 1. The Labute approximate surface area is 177 Å². The maximum absolute atomic E-state index is 12.9. The number of amides is 3. The van der Waals surface area contributed by atoms with Gasteiger partial charge in [0.25, 0.3) is 5.91 Å². The third kappa shape index (κ3) is 4.40. The van der Waals surface area contributed by atoms with E-state index in [1.165, 1.54) is 17.0 Å². The van der Waals surface area contributed by atoms with Gasteiger partial charge in [-0.15, -0.1) is 0 Å². The molecule has 3 amide bonds. The van der Waals surface area contributed by atoms with Crippen LogP contribution in [0, 0.1) is 6.92 Å². The normalized spacial score (nSPS) is 18.0. The van der Waals surface area contributed by atoms with Crippen LogP contribution in [0.3, 0.4) is 0 Å². The predicted octanol–water partition coefficient (Wildman–Crippen LogP) is 3.96. The fourth-order valence-electron chi connectivity index (χ4n) is 3.84. The summed E-state index contributed by atoms with van der Waals surface area (Å²) in [6.45, 7) is 2.57. The van der Waals surface area contributed by atoms with Crippen molar-refractivity contribution in [3.8, 4) is 0 Å². The van der Waals surface area contributed by atoms with Gasteiger partial charge in [-0.1, -0.05) is 29.8 Å². The van der Waals surface area contributed by atoms with E-state index in [-0.39, 0.29) is 11.6 Å². The summed E-state index contributed by atoms with van der Waals surface area (Å²) in [4.78, 5) is 31.2. The molecule has 2 heterocycles. The largest absolute Gasteiger partial charge is 0.416 e. The fraction of sp³-hybridized carbons (Fsp3) is 0.318. The smallest absolute Gasteiger partial charge is 0.326 e. The number of aryl methyl sites for hydroxylation is 1. The van der Waals surface area contributed by atoms with Crippen LogP contribution in [0.4, 0.5) is 23.7 Å². The number of carbonyl (C=O) groups is 2. The number of benzene rings is 2. The molecule has 2 N–H and O–H groups in total. The average molecular weight is 430 g/mol. The highest BCUT2D eigenvalue weighted by Gasteiger charge is 2.43. The molecule has 9 heteroatoms. The quantitative estimate of drug-likeness (QED) is 0.757.